The zero-order chi connectivity index (χ0) is 15.6. The minimum Gasteiger partial charge on any atom is -0.365 e. The average Bonchev–Trinajstić information content (AvgIpc) is 2.92. The molecule has 2 amide bonds. The third kappa shape index (κ3) is 2.64. The van der Waals surface area contributed by atoms with E-state index in [0.29, 0.717) is 19.7 Å². The minimum atomic E-state index is -0.324. The first-order valence-electron chi connectivity index (χ1n) is 7.55. The molecule has 1 N–H and O–H groups in total. The maximum atomic E-state index is 12.1. The number of likely N-dealkylation sites (tertiary alicyclic amines) is 1. The number of benzene rings is 1. The van der Waals surface area contributed by atoms with E-state index in [1.54, 1.807) is 4.90 Å². The number of amides is 2. The van der Waals surface area contributed by atoms with Gasteiger partial charge in [-0.15, -0.1) is 0 Å². The first-order valence-corrected chi connectivity index (χ1v) is 7.55. The highest BCUT2D eigenvalue weighted by molar-refractivity contribution is 5.90. The van der Waals surface area contributed by atoms with E-state index in [4.69, 9.17) is 4.74 Å². The van der Waals surface area contributed by atoms with Crippen molar-refractivity contribution in [2.45, 2.75) is 25.0 Å². The van der Waals surface area contributed by atoms with Crippen molar-refractivity contribution in [1.29, 1.82) is 0 Å². The second kappa shape index (κ2) is 5.93. The van der Waals surface area contributed by atoms with E-state index >= 15 is 0 Å². The standard InChI is InChI=1S/C17H20N2O3/c1-2-15(20)18-11-16(21)19-9-7-17(8-10-19)14-6-4-3-5-13(14)12-22-17/h2-6H,1,7-12H2,(H,18,20). The van der Waals surface area contributed by atoms with Gasteiger partial charge in [-0.1, -0.05) is 30.8 Å². The molecule has 2 aliphatic heterocycles. The Hall–Kier alpha value is -2.14. The first-order chi connectivity index (χ1) is 10.6. The normalized spacial score (nSPS) is 18.8. The van der Waals surface area contributed by atoms with Gasteiger partial charge in [-0.05, 0) is 30.0 Å². The third-order valence-corrected chi connectivity index (χ3v) is 4.54. The van der Waals surface area contributed by atoms with Crippen LogP contribution in [-0.4, -0.2) is 36.3 Å². The Morgan fingerprint density at radius 2 is 2.05 bits per heavy atom. The van der Waals surface area contributed by atoms with Gasteiger partial charge in [0.05, 0.1) is 18.8 Å². The molecule has 2 aliphatic rings. The lowest BCUT2D eigenvalue weighted by molar-refractivity contribution is -0.138. The summed E-state index contributed by atoms with van der Waals surface area (Å²) >= 11 is 0. The molecule has 1 aromatic rings. The lowest BCUT2D eigenvalue weighted by Crippen LogP contribution is -2.48. The van der Waals surface area contributed by atoms with Crippen LogP contribution in [-0.2, 0) is 26.5 Å². The van der Waals surface area contributed by atoms with Gasteiger partial charge in [-0.3, -0.25) is 9.59 Å². The van der Waals surface area contributed by atoms with Crippen molar-refractivity contribution in [2.24, 2.45) is 0 Å². The monoisotopic (exact) mass is 300 g/mol. The summed E-state index contributed by atoms with van der Waals surface area (Å²) in [5, 5.41) is 2.53. The number of hydrogen-bond acceptors (Lipinski definition) is 3. The molecule has 1 spiro atoms. The average molecular weight is 300 g/mol. The van der Waals surface area contributed by atoms with Crippen molar-refractivity contribution in [3.63, 3.8) is 0 Å². The summed E-state index contributed by atoms with van der Waals surface area (Å²) in [6.07, 6.45) is 2.76. The van der Waals surface area contributed by atoms with Gasteiger partial charge in [0.15, 0.2) is 0 Å². The molecule has 2 heterocycles. The molecule has 0 aromatic heterocycles. The summed E-state index contributed by atoms with van der Waals surface area (Å²) < 4.78 is 6.07. The number of fused-ring (bicyclic) bond motifs is 2. The molecule has 5 heteroatoms. The van der Waals surface area contributed by atoms with Gasteiger partial charge in [-0.2, -0.15) is 0 Å². The summed E-state index contributed by atoms with van der Waals surface area (Å²) in [6, 6.07) is 8.30. The largest absolute Gasteiger partial charge is 0.365 e. The lowest BCUT2D eigenvalue weighted by atomic mass is 9.84. The van der Waals surface area contributed by atoms with Crippen LogP contribution in [0.25, 0.3) is 0 Å². The minimum absolute atomic E-state index is 0.0231. The molecular formula is C17H20N2O3. The zero-order valence-electron chi connectivity index (χ0n) is 12.5. The van der Waals surface area contributed by atoms with Gasteiger partial charge >= 0.3 is 0 Å². The molecule has 116 valence electrons. The van der Waals surface area contributed by atoms with Crippen molar-refractivity contribution in [1.82, 2.24) is 10.2 Å². The topological polar surface area (TPSA) is 58.6 Å². The Morgan fingerprint density at radius 1 is 1.32 bits per heavy atom. The number of hydrogen-bond donors (Lipinski definition) is 1. The Morgan fingerprint density at radius 3 is 2.77 bits per heavy atom. The second-order valence-electron chi connectivity index (χ2n) is 5.74. The summed E-state index contributed by atoms with van der Waals surface area (Å²) in [4.78, 5) is 25.0. The highest BCUT2D eigenvalue weighted by Gasteiger charge is 2.42. The van der Waals surface area contributed by atoms with Gasteiger partial charge < -0.3 is 15.0 Å². The van der Waals surface area contributed by atoms with Crippen LogP contribution in [0.5, 0.6) is 0 Å². The van der Waals surface area contributed by atoms with Crippen molar-refractivity contribution < 1.29 is 14.3 Å². The molecule has 5 nitrogen and oxygen atoms in total. The molecule has 0 aliphatic carbocycles. The molecule has 0 saturated carbocycles. The van der Waals surface area contributed by atoms with Crippen LogP contribution in [0.2, 0.25) is 0 Å². The van der Waals surface area contributed by atoms with Crippen LogP contribution in [0.4, 0.5) is 0 Å². The first kappa shape index (κ1) is 14.8. The predicted octanol–water partition coefficient (Wildman–Crippen LogP) is 1.34. The maximum absolute atomic E-state index is 12.1. The Balaban J connectivity index is 1.60. The lowest BCUT2D eigenvalue weighted by Gasteiger charge is -2.39. The van der Waals surface area contributed by atoms with Gasteiger partial charge in [0.2, 0.25) is 11.8 Å². The van der Waals surface area contributed by atoms with E-state index in [1.165, 1.54) is 17.2 Å². The van der Waals surface area contributed by atoms with E-state index in [2.05, 4.69) is 24.0 Å². The third-order valence-electron chi connectivity index (χ3n) is 4.54. The molecular weight excluding hydrogens is 280 g/mol. The van der Waals surface area contributed by atoms with E-state index in [9.17, 15) is 9.59 Å². The second-order valence-corrected chi connectivity index (χ2v) is 5.74. The summed E-state index contributed by atoms with van der Waals surface area (Å²) in [7, 11) is 0. The summed E-state index contributed by atoms with van der Waals surface area (Å²) in [5.74, 6) is -0.383. The molecule has 0 unspecified atom stereocenters. The molecule has 0 radical (unpaired) electrons. The molecule has 22 heavy (non-hydrogen) atoms. The highest BCUT2D eigenvalue weighted by Crippen LogP contribution is 2.43. The van der Waals surface area contributed by atoms with Crippen LogP contribution in [0.3, 0.4) is 0 Å². The number of nitrogens with one attached hydrogen (secondary N) is 1. The molecule has 0 atom stereocenters. The smallest absolute Gasteiger partial charge is 0.243 e. The van der Waals surface area contributed by atoms with Gasteiger partial charge in [-0.25, -0.2) is 0 Å². The van der Waals surface area contributed by atoms with E-state index in [0.717, 1.165) is 12.8 Å². The highest BCUT2D eigenvalue weighted by atomic mass is 16.5. The Bertz CT molecular complexity index is 604. The van der Waals surface area contributed by atoms with Crippen LogP contribution >= 0.6 is 0 Å². The van der Waals surface area contributed by atoms with Crippen molar-refractivity contribution in [2.75, 3.05) is 19.6 Å². The molecule has 1 aromatic carbocycles. The summed E-state index contributed by atoms with van der Waals surface area (Å²) in [5.41, 5.74) is 2.28. The molecule has 1 saturated heterocycles. The predicted molar refractivity (Wildman–Crippen MR) is 81.9 cm³/mol. The molecule has 3 rings (SSSR count). The molecule has 1 fully saturated rings. The van der Waals surface area contributed by atoms with Crippen molar-refractivity contribution >= 4 is 11.8 Å². The van der Waals surface area contributed by atoms with Gasteiger partial charge in [0.1, 0.15) is 0 Å². The van der Waals surface area contributed by atoms with Crippen LogP contribution < -0.4 is 5.32 Å². The van der Waals surface area contributed by atoms with Gasteiger partial charge in [0.25, 0.3) is 0 Å². The number of carbonyl (C=O) groups is 2. The Kier molecular flexibility index (Phi) is 3.98. The van der Waals surface area contributed by atoms with Crippen LogP contribution in [0.15, 0.2) is 36.9 Å². The van der Waals surface area contributed by atoms with Crippen molar-refractivity contribution in [3.05, 3.63) is 48.0 Å². The fourth-order valence-electron chi connectivity index (χ4n) is 3.26. The zero-order valence-corrected chi connectivity index (χ0v) is 12.5. The van der Waals surface area contributed by atoms with Crippen LogP contribution in [0.1, 0.15) is 24.0 Å². The number of piperidine rings is 1. The van der Waals surface area contributed by atoms with E-state index < -0.39 is 0 Å². The maximum Gasteiger partial charge on any atom is 0.243 e. The number of carbonyl (C=O) groups excluding carboxylic acids is 2. The Labute approximate surface area is 129 Å². The van der Waals surface area contributed by atoms with E-state index in [1.807, 2.05) is 12.1 Å². The van der Waals surface area contributed by atoms with Crippen LogP contribution in [0, 0.1) is 0 Å². The van der Waals surface area contributed by atoms with Gasteiger partial charge in [0, 0.05) is 13.1 Å². The SMILES string of the molecule is C=CC(=O)NCC(=O)N1CCC2(CC1)OCc1ccccc12. The quantitative estimate of drug-likeness (QED) is 0.857. The fraction of sp³-hybridized carbons (Fsp3) is 0.412. The van der Waals surface area contributed by atoms with Crippen molar-refractivity contribution in [3.8, 4) is 0 Å². The fourth-order valence-corrected chi connectivity index (χ4v) is 3.26. The number of nitrogens with zero attached hydrogens (tertiary/aromatic N) is 1. The molecule has 0 bridgehead atoms. The number of rotatable bonds is 3. The van der Waals surface area contributed by atoms with E-state index in [-0.39, 0.29) is 24.0 Å². The number of ether oxygens (including phenoxy) is 1. The summed E-state index contributed by atoms with van der Waals surface area (Å²) in [6.45, 7) is 5.34.